The Bertz CT molecular complexity index is 1950. The fourth-order valence-corrected chi connectivity index (χ4v) is 5.48. The van der Waals surface area contributed by atoms with Crippen LogP contribution in [0.5, 0.6) is 0 Å². The van der Waals surface area contributed by atoms with Gasteiger partial charge in [0.15, 0.2) is 6.17 Å². The van der Waals surface area contributed by atoms with Gasteiger partial charge in [-0.05, 0) is 45.2 Å². The van der Waals surface area contributed by atoms with Gasteiger partial charge in [-0.1, -0.05) is 133 Å². The van der Waals surface area contributed by atoms with Crippen LogP contribution in [0.2, 0.25) is 0 Å². The first-order valence-electron chi connectivity index (χ1n) is 13.9. The van der Waals surface area contributed by atoms with Crippen LogP contribution < -0.4 is 5.32 Å². The molecule has 0 aliphatic carbocycles. The average Bonchev–Trinajstić information content (AvgIpc) is 3.08. The van der Waals surface area contributed by atoms with Crippen LogP contribution >= 0.6 is 0 Å². The number of hydrogen-bond acceptors (Lipinski definition) is 4. The van der Waals surface area contributed by atoms with Crippen LogP contribution in [-0.4, -0.2) is 11.7 Å². The van der Waals surface area contributed by atoms with Gasteiger partial charge in [-0.15, -0.1) is 0 Å². The molecule has 1 heterocycles. The summed E-state index contributed by atoms with van der Waals surface area (Å²) in [6, 6.07) is 51.7. The third-order valence-electron chi connectivity index (χ3n) is 7.59. The second-order valence-electron chi connectivity index (χ2n) is 10.2. The first kappa shape index (κ1) is 25.2. The molecule has 4 nitrogen and oxygen atoms in total. The van der Waals surface area contributed by atoms with Gasteiger partial charge in [-0.25, -0.2) is 9.98 Å². The van der Waals surface area contributed by atoms with E-state index in [-0.39, 0.29) is 0 Å². The molecule has 0 amide bonds. The molecule has 7 rings (SSSR count). The Morgan fingerprint density at radius 1 is 0.500 bits per heavy atom. The Hall–Kier alpha value is -5.79. The Morgan fingerprint density at radius 2 is 1.07 bits per heavy atom. The number of rotatable bonds is 5. The van der Waals surface area contributed by atoms with Crippen molar-refractivity contribution in [1.29, 1.82) is 5.26 Å². The number of nitriles is 1. The normalized spacial score (nSPS) is 13.1. The van der Waals surface area contributed by atoms with Crippen LogP contribution in [0.25, 0.3) is 33.0 Å². The fourth-order valence-electron chi connectivity index (χ4n) is 5.48. The molecule has 198 valence electrons. The molecule has 0 saturated heterocycles. The number of aliphatic imine (C=N–C) groups is 2. The molecule has 42 heavy (non-hydrogen) atoms. The molecule has 0 saturated carbocycles. The first-order chi connectivity index (χ1) is 20.8. The molecule has 0 bridgehead atoms. The van der Waals surface area contributed by atoms with Crippen molar-refractivity contribution in [1.82, 2.24) is 5.32 Å². The highest BCUT2D eigenvalue weighted by atomic mass is 15.2. The largest absolute Gasteiger partial charge is 0.324 e. The van der Waals surface area contributed by atoms with E-state index in [1.165, 1.54) is 0 Å². The third-order valence-corrected chi connectivity index (χ3v) is 7.59. The number of amidine groups is 2. The molecule has 4 heteroatoms. The van der Waals surface area contributed by atoms with E-state index in [1.807, 2.05) is 60.7 Å². The lowest BCUT2D eigenvalue weighted by atomic mass is 9.92. The van der Waals surface area contributed by atoms with Crippen LogP contribution in [0.15, 0.2) is 156 Å². The average molecular weight is 539 g/mol. The van der Waals surface area contributed by atoms with Gasteiger partial charge < -0.3 is 5.32 Å². The molecule has 1 N–H and O–H groups in total. The van der Waals surface area contributed by atoms with E-state index in [1.54, 1.807) is 0 Å². The lowest BCUT2D eigenvalue weighted by molar-refractivity contribution is 0.762. The van der Waals surface area contributed by atoms with Crippen molar-refractivity contribution in [3.63, 3.8) is 0 Å². The van der Waals surface area contributed by atoms with Crippen LogP contribution in [0.1, 0.15) is 28.4 Å². The predicted molar refractivity (Wildman–Crippen MR) is 171 cm³/mol. The second kappa shape index (κ2) is 11.0. The number of benzene rings is 6. The minimum atomic E-state index is -0.398. The maximum atomic E-state index is 9.29. The van der Waals surface area contributed by atoms with Gasteiger partial charge in [-0.2, -0.15) is 5.26 Å². The smallest absolute Gasteiger partial charge is 0.170 e. The minimum absolute atomic E-state index is 0.398. The molecule has 0 spiro atoms. The maximum absolute atomic E-state index is 9.29. The van der Waals surface area contributed by atoms with Crippen molar-refractivity contribution < 1.29 is 0 Å². The minimum Gasteiger partial charge on any atom is -0.324 e. The molecule has 6 aromatic carbocycles. The van der Waals surface area contributed by atoms with Gasteiger partial charge in [0.2, 0.25) is 0 Å². The molecule has 0 atom stereocenters. The number of nitrogens with zero attached hydrogens (tertiary/aromatic N) is 3. The first-order valence-corrected chi connectivity index (χ1v) is 13.9. The Kier molecular flexibility index (Phi) is 6.60. The van der Waals surface area contributed by atoms with Crippen LogP contribution in [0, 0.1) is 11.3 Å². The Morgan fingerprint density at radius 3 is 1.71 bits per heavy atom. The van der Waals surface area contributed by atoms with E-state index in [2.05, 4.69) is 96.3 Å². The van der Waals surface area contributed by atoms with Gasteiger partial charge in [0, 0.05) is 16.7 Å². The fraction of sp³-hybridized carbons (Fsp3) is 0.0263. The molecule has 0 aromatic heterocycles. The van der Waals surface area contributed by atoms with E-state index in [9.17, 15) is 5.26 Å². The lowest BCUT2D eigenvalue weighted by Gasteiger charge is -2.23. The summed E-state index contributed by atoms with van der Waals surface area (Å²) in [6.45, 7) is 0. The van der Waals surface area contributed by atoms with E-state index >= 15 is 0 Å². The maximum Gasteiger partial charge on any atom is 0.170 e. The predicted octanol–water partition coefficient (Wildman–Crippen LogP) is 8.54. The van der Waals surface area contributed by atoms with Crippen molar-refractivity contribution >= 4 is 22.4 Å². The van der Waals surface area contributed by atoms with E-state index in [0.717, 1.165) is 61.4 Å². The summed E-state index contributed by atoms with van der Waals surface area (Å²) >= 11 is 0. The molecular formula is C38H26N4. The summed E-state index contributed by atoms with van der Waals surface area (Å²) < 4.78 is 0. The topological polar surface area (TPSA) is 60.5 Å². The van der Waals surface area contributed by atoms with E-state index in [4.69, 9.17) is 9.98 Å². The van der Waals surface area contributed by atoms with Crippen molar-refractivity contribution in [3.05, 3.63) is 168 Å². The summed E-state index contributed by atoms with van der Waals surface area (Å²) in [4.78, 5) is 10.2. The molecular weight excluding hydrogens is 512 g/mol. The van der Waals surface area contributed by atoms with Crippen molar-refractivity contribution in [2.45, 2.75) is 6.17 Å². The van der Waals surface area contributed by atoms with Crippen molar-refractivity contribution in [2.24, 2.45) is 9.98 Å². The van der Waals surface area contributed by atoms with Gasteiger partial charge in [0.05, 0.1) is 11.6 Å². The molecule has 1 aliphatic heterocycles. The SMILES string of the molecule is N#Cc1cccc(-c2ccc(-c3ccc(C4N=C(c5ccccc5)NC(c5ccccc5)=N4)c4ccccc34)cc2)c1. The van der Waals surface area contributed by atoms with Gasteiger partial charge >= 0.3 is 0 Å². The van der Waals surface area contributed by atoms with Crippen LogP contribution in [0.4, 0.5) is 0 Å². The molecule has 0 fully saturated rings. The van der Waals surface area contributed by atoms with Crippen molar-refractivity contribution in [2.75, 3.05) is 0 Å². The summed E-state index contributed by atoms with van der Waals surface area (Å²) in [6.07, 6.45) is -0.398. The quantitative estimate of drug-likeness (QED) is 0.239. The number of hydrogen-bond donors (Lipinski definition) is 1. The summed E-state index contributed by atoms with van der Waals surface area (Å²) in [7, 11) is 0. The zero-order valence-corrected chi connectivity index (χ0v) is 22.8. The summed E-state index contributed by atoms with van der Waals surface area (Å²) in [5.41, 5.74) is 8.16. The summed E-state index contributed by atoms with van der Waals surface area (Å²) in [5, 5.41) is 15.1. The van der Waals surface area contributed by atoms with E-state index < -0.39 is 6.17 Å². The lowest BCUT2D eigenvalue weighted by Crippen LogP contribution is -2.36. The van der Waals surface area contributed by atoms with Crippen LogP contribution in [0.3, 0.4) is 0 Å². The van der Waals surface area contributed by atoms with Gasteiger partial charge in [-0.3, -0.25) is 0 Å². The zero-order valence-electron chi connectivity index (χ0n) is 22.8. The molecule has 1 aliphatic rings. The number of fused-ring (bicyclic) bond motifs is 1. The molecule has 0 radical (unpaired) electrons. The highest BCUT2D eigenvalue weighted by Crippen LogP contribution is 2.36. The highest BCUT2D eigenvalue weighted by molar-refractivity contribution is 6.16. The second-order valence-corrected chi connectivity index (χ2v) is 10.2. The van der Waals surface area contributed by atoms with Gasteiger partial charge in [0.25, 0.3) is 0 Å². The Labute approximate surface area is 245 Å². The molecule has 6 aromatic rings. The van der Waals surface area contributed by atoms with E-state index in [0.29, 0.717) is 5.56 Å². The zero-order chi connectivity index (χ0) is 28.3. The Balaban J connectivity index is 1.31. The monoisotopic (exact) mass is 538 g/mol. The standard InChI is InChI=1S/C38H26N4/c39-25-26-10-9-15-31(24-26)27-18-20-28(21-19-27)32-22-23-35(34-17-8-7-16-33(32)34)38-41-36(29-11-3-1-4-12-29)40-37(42-38)30-13-5-2-6-14-30/h1-24,38H,(H,40,41,42). The number of nitrogens with one attached hydrogen (secondary N) is 1. The third kappa shape index (κ3) is 4.85. The van der Waals surface area contributed by atoms with Gasteiger partial charge in [0.1, 0.15) is 11.7 Å². The molecule has 0 unspecified atom stereocenters. The summed E-state index contributed by atoms with van der Waals surface area (Å²) in [5.74, 6) is 1.61. The van der Waals surface area contributed by atoms with Crippen molar-refractivity contribution in [3.8, 4) is 28.3 Å². The highest BCUT2D eigenvalue weighted by Gasteiger charge is 2.22. The van der Waals surface area contributed by atoms with Crippen LogP contribution in [-0.2, 0) is 0 Å².